The van der Waals surface area contributed by atoms with Crippen LogP contribution in [0.3, 0.4) is 0 Å². The number of rotatable bonds is 2. The minimum atomic E-state index is -0.238. The van der Waals surface area contributed by atoms with Gasteiger partial charge >= 0.3 is 5.97 Å². The van der Waals surface area contributed by atoms with E-state index in [1.807, 2.05) is 0 Å². The average molecular weight is 156 g/mol. The Bertz CT molecular complexity index is 208. The van der Waals surface area contributed by atoms with Crippen molar-refractivity contribution in [3.63, 3.8) is 0 Å². The molecule has 1 rings (SSSR count). The molecule has 0 fully saturated rings. The Kier molecular flexibility index (Phi) is 2.39. The van der Waals surface area contributed by atoms with Crippen molar-refractivity contribution in [2.24, 2.45) is 0 Å². The number of hydrogen-bond acceptors (Lipinski definition) is 4. The van der Waals surface area contributed by atoms with E-state index in [2.05, 4.69) is 15.2 Å². The van der Waals surface area contributed by atoms with Gasteiger partial charge in [0.05, 0.1) is 13.5 Å². The third-order valence-corrected chi connectivity index (χ3v) is 1.69. The summed E-state index contributed by atoms with van der Waals surface area (Å²) in [5.74, 6) is -0.238. The van der Waals surface area contributed by atoms with E-state index in [-0.39, 0.29) is 5.97 Å². The van der Waals surface area contributed by atoms with Crippen LogP contribution in [0.2, 0.25) is 0 Å². The van der Waals surface area contributed by atoms with Crippen LogP contribution in [0, 0.1) is 5.51 Å². The molecule has 0 saturated heterocycles. The largest absolute Gasteiger partial charge is 0.469 e. The minimum Gasteiger partial charge on any atom is -0.469 e. The number of esters is 1. The molecule has 1 aromatic heterocycles. The number of carbonyl (C=O) groups is 1. The fourth-order valence-corrected chi connectivity index (χ4v) is 1.02. The molecule has 0 aliphatic heterocycles. The number of aromatic nitrogens is 1. The van der Waals surface area contributed by atoms with Crippen molar-refractivity contribution in [3.8, 4) is 0 Å². The molecule has 1 aromatic rings. The first-order valence-corrected chi connectivity index (χ1v) is 3.52. The van der Waals surface area contributed by atoms with Crippen molar-refractivity contribution < 1.29 is 9.53 Å². The van der Waals surface area contributed by atoms with Crippen LogP contribution in [-0.4, -0.2) is 18.1 Å². The molecular formula is C6H6NO2S. The Hall–Kier alpha value is -0.900. The van der Waals surface area contributed by atoms with Crippen LogP contribution in [0.25, 0.3) is 0 Å². The normalized spacial score (nSPS) is 9.30. The fourth-order valence-electron chi connectivity index (χ4n) is 0.506. The lowest BCUT2D eigenvalue weighted by molar-refractivity contribution is -0.139. The zero-order valence-electron chi connectivity index (χ0n) is 5.46. The molecule has 0 N–H and O–H groups in total. The minimum absolute atomic E-state index is 0.238. The summed E-state index contributed by atoms with van der Waals surface area (Å²) in [5.41, 5.74) is 2.64. The lowest BCUT2D eigenvalue weighted by atomic mass is 10.4. The van der Waals surface area contributed by atoms with E-state index in [4.69, 9.17) is 0 Å². The molecule has 53 valence electrons. The van der Waals surface area contributed by atoms with Crippen molar-refractivity contribution in [2.75, 3.05) is 7.11 Å². The van der Waals surface area contributed by atoms with Gasteiger partial charge in [-0.25, -0.2) is 4.98 Å². The van der Waals surface area contributed by atoms with Crippen LogP contribution in [0.5, 0.6) is 0 Å². The van der Waals surface area contributed by atoms with E-state index >= 15 is 0 Å². The number of thiazole rings is 1. The maximum Gasteiger partial charge on any atom is 0.310 e. The number of carbonyl (C=O) groups excluding carboxylic acids is 1. The summed E-state index contributed by atoms with van der Waals surface area (Å²) in [4.78, 5) is 15.2. The molecule has 3 nitrogen and oxygen atoms in total. The van der Waals surface area contributed by atoms with E-state index in [1.165, 1.54) is 18.4 Å². The molecule has 0 aliphatic carbocycles. The summed E-state index contributed by atoms with van der Waals surface area (Å²) in [6.07, 6.45) is 1.92. The Morgan fingerprint density at radius 2 is 2.80 bits per heavy atom. The SMILES string of the molecule is COC(=O)Cc1cn[c]s1. The van der Waals surface area contributed by atoms with Crippen LogP contribution < -0.4 is 0 Å². The standard InChI is InChI=1S/C6H6NO2S/c1-9-6(8)2-5-3-7-4-10-5/h3H,2H2,1H3. The summed E-state index contributed by atoms with van der Waals surface area (Å²) in [6.45, 7) is 0. The quantitative estimate of drug-likeness (QED) is 0.590. The fraction of sp³-hybridized carbons (Fsp3) is 0.333. The Morgan fingerprint density at radius 3 is 3.30 bits per heavy atom. The van der Waals surface area contributed by atoms with E-state index < -0.39 is 0 Å². The smallest absolute Gasteiger partial charge is 0.310 e. The third kappa shape index (κ3) is 1.80. The van der Waals surface area contributed by atoms with Crippen LogP contribution in [0.4, 0.5) is 0 Å². The van der Waals surface area contributed by atoms with Gasteiger partial charge in [-0.05, 0) is 0 Å². The highest BCUT2D eigenvalue weighted by atomic mass is 32.1. The second-order valence-corrected chi connectivity index (χ2v) is 2.58. The molecular weight excluding hydrogens is 150 g/mol. The number of ether oxygens (including phenoxy) is 1. The van der Waals surface area contributed by atoms with Gasteiger partial charge in [0.1, 0.15) is 0 Å². The van der Waals surface area contributed by atoms with Crippen molar-refractivity contribution >= 4 is 17.3 Å². The first kappa shape index (κ1) is 7.21. The summed E-state index contributed by atoms with van der Waals surface area (Å²) >= 11 is 1.33. The Morgan fingerprint density at radius 1 is 2.00 bits per heavy atom. The average Bonchev–Trinajstić information content (AvgIpc) is 2.40. The van der Waals surface area contributed by atoms with Crippen LogP contribution >= 0.6 is 11.3 Å². The third-order valence-electron chi connectivity index (χ3n) is 0.984. The first-order valence-electron chi connectivity index (χ1n) is 2.70. The summed E-state index contributed by atoms with van der Waals surface area (Å²) < 4.78 is 4.45. The first-order chi connectivity index (χ1) is 4.83. The van der Waals surface area contributed by atoms with E-state index in [0.717, 1.165) is 4.88 Å². The molecule has 0 saturated carbocycles. The highest BCUT2D eigenvalue weighted by Gasteiger charge is 2.02. The van der Waals surface area contributed by atoms with Crippen LogP contribution in [0.1, 0.15) is 4.88 Å². The molecule has 0 atom stereocenters. The van der Waals surface area contributed by atoms with E-state index in [0.29, 0.717) is 6.42 Å². The molecule has 0 bridgehead atoms. The summed E-state index contributed by atoms with van der Waals surface area (Å²) in [6, 6.07) is 0. The van der Waals surface area contributed by atoms with Crippen molar-refractivity contribution in [3.05, 3.63) is 16.6 Å². The lowest BCUT2D eigenvalue weighted by Gasteiger charge is -1.92. The molecule has 0 unspecified atom stereocenters. The van der Waals surface area contributed by atoms with Crippen LogP contribution in [-0.2, 0) is 16.0 Å². The van der Waals surface area contributed by atoms with Gasteiger partial charge in [-0.2, -0.15) is 0 Å². The van der Waals surface area contributed by atoms with Crippen molar-refractivity contribution in [1.82, 2.24) is 4.98 Å². The predicted octanol–water partition coefficient (Wildman–Crippen LogP) is 0.659. The maximum absolute atomic E-state index is 10.6. The number of nitrogens with zero attached hydrogens (tertiary/aromatic N) is 1. The van der Waals surface area contributed by atoms with Gasteiger partial charge in [-0.1, -0.05) is 0 Å². The molecule has 1 heterocycles. The van der Waals surface area contributed by atoms with Gasteiger partial charge in [0, 0.05) is 11.1 Å². The second-order valence-electron chi connectivity index (χ2n) is 1.67. The molecule has 0 spiro atoms. The zero-order valence-corrected chi connectivity index (χ0v) is 6.27. The van der Waals surface area contributed by atoms with Gasteiger partial charge in [-0.15, -0.1) is 11.3 Å². The second kappa shape index (κ2) is 3.31. The topological polar surface area (TPSA) is 39.2 Å². The molecule has 10 heavy (non-hydrogen) atoms. The van der Waals surface area contributed by atoms with E-state index in [9.17, 15) is 4.79 Å². The molecule has 1 radical (unpaired) electrons. The summed E-state index contributed by atoms with van der Waals surface area (Å²) in [5, 5.41) is 0. The van der Waals surface area contributed by atoms with Gasteiger partial charge in [0.2, 0.25) is 0 Å². The summed E-state index contributed by atoms with van der Waals surface area (Å²) in [7, 11) is 1.37. The van der Waals surface area contributed by atoms with Crippen molar-refractivity contribution in [2.45, 2.75) is 6.42 Å². The number of methoxy groups -OCH3 is 1. The van der Waals surface area contributed by atoms with E-state index in [1.54, 1.807) is 6.20 Å². The molecule has 0 aromatic carbocycles. The van der Waals surface area contributed by atoms with Crippen molar-refractivity contribution in [1.29, 1.82) is 0 Å². The lowest BCUT2D eigenvalue weighted by Crippen LogP contribution is -2.02. The molecule has 0 amide bonds. The van der Waals surface area contributed by atoms with Gasteiger partial charge in [0.15, 0.2) is 5.51 Å². The Labute approximate surface area is 62.7 Å². The number of hydrogen-bond donors (Lipinski definition) is 0. The monoisotopic (exact) mass is 156 g/mol. The predicted molar refractivity (Wildman–Crippen MR) is 36.7 cm³/mol. The zero-order chi connectivity index (χ0) is 7.40. The maximum atomic E-state index is 10.6. The van der Waals surface area contributed by atoms with Crippen LogP contribution in [0.15, 0.2) is 6.20 Å². The highest BCUT2D eigenvalue weighted by molar-refractivity contribution is 7.09. The van der Waals surface area contributed by atoms with Gasteiger partial charge in [0.25, 0.3) is 0 Å². The van der Waals surface area contributed by atoms with Gasteiger partial charge in [-0.3, -0.25) is 4.79 Å². The molecule has 0 aliphatic rings. The van der Waals surface area contributed by atoms with Gasteiger partial charge < -0.3 is 4.74 Å². The highest BCUT2D eigenvalue weighted by Crippen LogP contribution is 2.05. The Balaban J connectivity index is 2.48. The molecule has 4 heteroatoms.